The molecule has 1 saturated heterocycles. The van der Waals surface area contributed by atoms with E-state index in [1.165, 1.54) is 17.9 Å². The van der Waals surface area contributed by atoms with E-state index in [-0.39, 0.29) is 36.1 Å². The van der Waals surface area contributed by atoms with E-state index in [0.717, 1.165) is 11.1 Å². The van der Waals surface area contributed by atoms with Gasteiger partial charge in [0, 0.05) is 18.8 Å². The van der Waals surface area contributed by atoms with Crippen LogP contribution in [-0.2, 0) is 14.6 Å². The number of pyridine rings is 1. The van der Waals surface area contributed by atoms with E-state index in [9.17, 15) is 22.8 Å². The molecule has 2 N–H and O–H groups in total. The number of aromatic amines is 1. The lowest BCUT2D eigenvalue weighted by Gasteiger charge is -2.29. The van der Waals surface area contributed by atoms with Crippen LogP contribution in [0, 0.1) is 6.92 Å². The summed E-state index contributed by atoms with van der Waals surface area (Å²) in [5.41, 5.74) is 1.82. The minimum Gasteiger partial charge on any atom is -0.340 e. The molecule has 0 aliphatic carbocycles. The molecule has 1 aliphatic heterocycles. The number of aryl methyl sites for hydroxylation is 1. The van der Waals surface area contributed by atoms with Crippen molar-refractivity contribution in [2.75, 3.05) is 24.6 Å². The fourth-order valence-electron chi connectivity index (χ4n) is 3.18. The number of amides is 2. The lowest BCUT2D eigenvalue weighted by molar-refractivity contribution is -0.132. The lowest BCUT2D eigenvalue weighted by atomic mass is 10.1. The summed E-state index contributed by atoms with van der Waals surface area (Å²) in [5.74, 6) is -1.20. The molecule has 3 rings (SSSR count). The van der Waals surface area contributed by atoms with Gasteiger partial charge in [0.15, 0.2) is 9.84 Å². The lowest BCUT2D eigenvalue weighted by Crippen LogP contribution is -2.52. The molecule has 29 heavy (non-hydrogen) atoms. The average Bonchev–Trinajstić information content (AvgIpc) is 2.67. The first-order valence-electron chi connectivity index (χ1n) is 9.27. The number of benzene rings is 1. The average molecular weight is 417 g/mol. The van der Waals surface area contributed by atoms with Crippen molar-refractivity contribution in [2.45, 2.75) is 19.9 Å². The van der Waals surface area contributed by atoms with E-state index in [1.807, 2.05) is 31.2 Å². The van der Waals surface area contributed by atoms with E-state index >= 15 is 0 Å². The Hall–Kier alpha value is -2.94. The van der Waals surface area contributed by atoms with Crippen molar-refractivity contribution in [3.63, 3.8) is 0 Å². The third-order valence-electron chi connectivity index (χ3n) is 4.86. The zero-order chi connectivity index (χ0) is 21.2. The number of sulfone groups is 1. The number of rotatable bonds is 4. The van der Waals surface area contributed by atoms with Gasteiger partial charge in [-0.05, 0) is 37.6 Å². The standard InChI is InChI=1S/C20H23N3O5S/c1-13-4-3-5-15(12-13)17-7-6-16(19(25)22-17)18(24)21-14(2)20(26)23-8-10-29(27,28)11-9-23/h3-7,12,14H,8-11H2,1-2H3,(H,21,24)(H,22,25). The highest BCUT2D eigenvalue weighted by atomic mass is 32.2. The molecule has 1 atom stereocenters. The summed E-state index contributed by atoms with van der Waals surface area (Å²) in [6, 6.07) is 9.80. The fraction of sp³-hybridized carbons (Fsp3) is 0.350. The Bertz CT molecular complexity index is 1090. The Kier molecular flexibility index (Phi) is 5.88. The van der Waals surface area contributed by atoms with Gasteiger partial charge in [0.25, 0.3) is 11.5 Å². The predicted molar refractivity (Wildman–Crippen MR) is 109 cm³/mol. The number of hydrogen-bond acceptors (Lipinski definition) is 5. The molecule has 2 aromatic rings. The Morgan fingerprint density at radius 1 is 1.14 bits per heavy atom. The van der Waals surface area contributed by atoms with Crippen LogP contribution in [0.25, 0.3) is 11.3 Å². The molecule has 0 spiro atoms. The van der Waals surface area contributed by atoms with Gasteiger partial charge in [0.05, 0.1) is 11.5 Å². The van der Waals surface area contributed by atoms with Crippen molar-refractivity contribution in [1.82, 2.24) is 15.2 Å². The SMILES string of the molecule is Cc1cccc(-c2ccc(C(=O)NC(C)C(=O)N3CCS(=O)(=O)CC3)c(=O)[nH]2)c1. The molecule has 0 saturated carbocycles. The molecular formula is C20H23N3O5S. The van der Waals surface area contributed by atoms with Crippen LogP contribution in [0.3, 0.4) is 0 Å². The van der Waals surface area contributed by atoms with Gasteiger partial charge >= 0.3 is 0 Å². The van der Waals surface area contributed by atoms with Crippen LogP contribution >= 0.6 is 0 Å². The Balaban J connectivity index is 1.69. The molecule has 2 amide bonds. The molecule has 154 valence electrons. The maximum atomic E-state index is 12.5. The fourth-order valence-corrected chi connectivity index (χ4v) is 4.38. The molecule has 8 nitrogen and oxygen atoms in total. The summed E-state index contributed by atoms with van der Waals surface area (Å²) >= 11 is 0. The van der Waals surface area contributed by atoms with Crippen LogP contribution in [0.1, 0.15) is 22.8 Å². The van der Waals surface area contributed by atoms with Crippen LogP contribution in [0.4, 0.5) is 0 Å². The topological polar surface area (TPSA) is 116 Å². The van der Waals surface area contributed by atoms with Crippen molar-refractivity contribution >= 4 is 21.7 Å². The van der Waals surface area contributed by atoms with E-state index in [0.29, 0.717) is 5.69 Å². The quantitative estimate of drug-likeness (QED) is 0.761. The first kappa shape index (κ1) is 20.8. The third-order valence-corrected chi connectivity index (χ3v) is 6.47. The van der Waals surface area contributed by atoms with Gasteiger partial charge in [-0.25, -0.2) is 8.42 Å². The van der Waals surface area contributed by atoms with Gasteiger partial charge in [0.1, 0.15) is 11.6 Å². The molecule has 1 aliphatic rings. The van der Waals surface area contributed by atoms with Crippen LogP contribution in [-0.4, -0.2) is 60.8 Å². The van der Waals surface area contributed by atoms with Gasteiger partial charge in [0.2, 0.25) is 5.91 Å². The number of nitrogens with zero attached hydrogens (tertiary/aromatic N) is 1. The first-order valence-corrected chi connectivity index (χ1v) is 11.1. The summed E-state index contributed by atoms with van der Waals surface area (Å²) in [4.78, 5) is 41.4. The van der Waals surface area contributed by atoms with Gasteiger partial charge < -0.3 is 15.2 Å². The number of carbonyl (C=O) groups excluding carboxylic acids is 2. The molecule has 0 radical (unpaired) electrons. The Morgan fingerprint density at radius 3 is 2.45 bits per heavy atom. The second-order valence-electron chi connectivity index (χ2n) is 7.16. The zero-order valence-corrected chi connectivity index (χ0v) is 17.1. The van der Waals surface area contributed by atoms with Gasteiger partial charge in [-0.2, -0.15) is 0 Å². The van der Waals surface area contributed by atoms with Crippen molar-refractivity contribution in [3.05, 3.63) is 57.9 Å². The second-order valence-corrected chi connectivity index (χ2v) is 9.46. The maximum Gasteiger partial charge on any atom is 0.261 e. The maximum absolute atomic E-state index is 12.5. The molecule has 1 fully saturated rings. The number of carbonyl (C=O) groups is 2. The number of H-pyrrole nitrogens is 1. The summed E-state index contributed by atoms with van der Waals surface area (Å²) in [6.07, 6.45) is 0. The largest absolute Gasteiger partial charge is 0.340 e. The number of aromatic nitrogens is 1. The summed E-state index contributed by atoms with van der Waals surface area (Å²) < 4.78 is 23.0. The highest BCUT2D eigenvalue weighted by molar-refractivity contribution is 7.91. The van der Waals surface area contributed by atoms with Gasteiger partial charge in [-0.1, -0.05) is 23.8 Å². The molecule has 2 heterocycles. The Labute approximate surface area is 168 Å². The van der Waals surface area contributed by atoms with Gasteiger partial charge in [-0.15, -0.1) is 0 Å². The normalized spacial score (nSPS) is 16.8. The third kappa shape index (κ3) is 4.92. The van der Waals surface area contributed by atoms with Gasteiger partial charge in [-0.3, -0.25) is 14.4 Å². The molecule has 9 heteroatoms. The number of nitrogens with one attached hydrogen (secondary N) is 2. The van der Waals surface area contributed by atoms with Crippen molar-refractivity contribution < 1.29 is 18.0 Å². The van der Waals surface area contributed by atoms with Crippen LogP contribution in [0.5, 0.6) is 0 Å². The minimum atomic E-state index is -3.10. The first-order chi connectivity index (χ1) is 13.7. The minimum absolute atomic E-state index is 0.0838. The highest BCUT2D eigenvalue weighted by Crippen LogP contribution is 2.17. The van der Waals surface area contributed by atoms with E-state index < -0.39 is 27.3 Å². The molecule has 1 unspecified atom stereocenters. The van der Waals surface area contributed by atoms with E-state index in [4.69, 9.17) is 0 Å². The van der Waals surface area contributed by atoms with Crippen molar-refractivity contribution in [1.29, 1.82) is 0 Å². The summed E-state index contributed by atoms with van der Waals surface area (Å²) in [5, 5.41) is 2.52. The van der Waals surface area contributed by atoms with E-state index in [2.05, 4.69) is 10.3 Å². The van der Waals surface area contributed by atoms with Crippen LogP contribution in [0.2, 0.25) is 0 Å². The molecule has 1 aromatic carbocycles. The molecule has 0 bridgehead atoms. The van der Waals surface area contributed by atoms with E-state index in [1.54, 1.807) is 6.07 Å². The monoisotopic (exact) mass is 417 g/mol. The molecule has 1 aromatic heterocycles. The summed E-state index contributed by atoms with van der Waals surface area (Å²) in [6.45, 7) is 3.67. The van der Waals surface area contributed by atoms with Crippen molar-refractivity contribution in [3.8, 4) is 11.3 Å². The van der Waals surface area contributed by atoms with Crippen LogP contribution < -0.4 is 10.9 Å². The predicted octanol–water partition coefficient (Wildman–Crippen LogP) is 0.726. The number of hydrogen-bond donors (Lipinski definition) is 2. The van der Waals surface area contributed by atoms with Crippen molar-refractivity contribution in [2.24, 2.45) is 0 Å². The smallest absolute Gasteiger partial charge is 0.261 e. The summed E-state index contributed by atoms with van der Waals surface area (Å²) in [7, 11) is -3.10. The Morgan fingerprint density at radius 2 is 1.83 bits per heavy atom. The zero-order valence-electron chi connectivity index (χ0n) is 16.3. The highest BCUT2D eigenvalue weighted by Gasteiger charge is 2.29. The van der Waals surface area contributed by atoms with Crippen LogP contribution in [0.15, 0.2) is 41.2 Å². The second kappa shape index (κ2) is 8.20. The molecular weight excluding hydrogens is 394 g/mol.